The van der Waals surface area contributed by atoms with Crippen molar-refractivity contribution in [2.45, 2.75) is 20.3 Å². The van der Waals surface area contributed by atoms with E-state index in [1.54, 1.807) is 12.1 Å². The van der Waals surface area contributed by atoms with Crippen LogP contribution >= 0.6 is 11.6 Å². The van der Waals surface area contributed by atoms with E-state index in [-0.39, 0.29) is 17.4 Å². The first-order valence-electron chi connectivity index (χ1n) is 6.28. The van der Waals surface area contributed by atoms with Crippen LogP contribution in [0.25, 0.3) is 0 Å². The van der Waals surface area contributed by atoms with Crippen molar-refractivity contribution in [3.8, 4) is 0 Å². The average Bonchev–Trinajstić information content (AvgIpc) is 2.36. The number of aromatic nitrogens is 1. The molecule has 1 aromatic heterocycles. The Labute approximate surface area is 118 Å². The van der Waals surface area contributed by atoms with Gasteiger partial charge in [-0.25, -0.2) is 4.98 Å². The van der Waals surface area contributed by atoms with E-state index in [9.17, 15) is 4.79 Å². The third-order valence-corrected chi connectivity index (χ3v) is 2.59. The zero-order valence-corrected chi connectivity index (χ0v) is 12.0. The van der Waals surface area contributed by atoms with E-state index in [1.165, 1.54) is 0 Å². The number of nitrogen functional groups attached to an aromatic ring is 1. The Bertz CT molecular complexity index is 424. The molecule has 3 N–H and O–H groups in total. The van der Waals surface area contributed by atoms with Gasteiger partial charge < -0.3 is 15.8 Å². The second kappa shape index (κ2) is 7.96. The molecule has 0 aromatic carbocycles. The van der Waals surface area contributed by atoms with Crippen LogP contribution < -0.4 is 11.1 Å². The van der Waals surface area contributed by atoms with Crippen molar-refractivity contribution in [1.82, 2.24) is 10.3 Å². The standard InChI is InChI=1S/C13H20ClN3O2/c1-9(2)8-19-7-3-6-16-13(18)12-10(14)4-5-11(15)17-12/h4-5,9H,3,6-8H2,1-2H3,(H2,15,17)(H,16,18). The Morgan fingerprint density at radius 3 is 2.95 bits per heavy atom. The summed E-state index contributed by atoms with van der Waals surface area (Å²) in [6.07, 6.45) is 0.748. The van der Waals surface area contributed by atoms with Gasteiger partial charge in [0.2, 0.25) is 0 Å². The minimum atomic E-state index is -0.318. The summed E-state index contributed by atoms with van der Waals surface area (Å²) in [5.41, 5.74) is 5.68. The van der Waals surface area contributed by atoms with Crippen molar-refractivity contribution in [1.29, 1.82) is 0 Å². The number of pyridine rings is 1. The molecule has 1 rings (SSSR count). The van der Waals surface area contributed by atoms with Crippen LogP contribution in [0.5, 0.6) is 0 Å². The summed E-state index contributed by atoms with van der Waals surface area (Å²) in [7, 11) is 0. The smallest absolute Gasteiger partial charge is 0.271 e. The zero-order valence-electron chi connectivity index (χ0n) is 11.3. The maximum atomic E-state index is 11.8. The zero-order chi connectivity index (χ0) is 14.3. The maximum absolute atomic E-state index is 11.8. The molecular weight excluding hydrogens is 266 g/mol. The highest BCUT2D eigenvalue weighted by Crippen LogP contribution is 2.14. The molecule has 106 valence electrons. The quantitative estimate of drug-likeness (QED) is 0.752. The Morgan fingerprint density at radius 2 is 2.26 bits per heavy atom. The molecule has 6 heteroatoms. The number of halogens is 1. The summed E-state index contributed by atoms with van der Waals surface area (Å²) in [5, 5.41) is 3.03. The van der Waals surface area contributed by atoms with E-state index in [0.717, 1.165) is 13.0 Å². The van der Waals surface area contributed by atoms with Crippen LogP contribution in [0.4, 0.5) is 5.82 Å². The molecule has 0 saturated carbocycles. The molecule has 0 aliphatic carbocycles. The first-order valence-corrected chi connectivity index (χ1v) is 6.66. The van der Waals surface area contributed by atoms with Gasteiger partial charge in [-0.05, 0) is 24.5 Å². The van der Waals surface area contributed by atoms with Crippen LogP contribution in [0.1, 0.15) is 30.8 Å². The number of rotatable bonds is 7. The van der Waals surface area contributed by atoms with Gasteiger partial charge in [0.25, 0.3) is 5.91 Å². The van der Waals surface area contributed by atoms with Gasteiger partial charge in [-0.15, -0.1) is 0 Å². The molecule has 0 radical (unpaired) electrons. The van der Waals surface area contributed by atoms with Crippen molar-refractivity contribution in [3.63, 3.8) is 0 Å². The third kappa shape index (κ3) is 5.89. The number of carbonyl (C=O) groups excluding carboxylic acids is 1. The lowest BCUT2D eigenvalue weighted by Gasteiger charge is -2.08. The number of nitrogens with one attached hydrogen (secondary N) is 1. The van der Waals surface area contributed by atoms with Crippen LogP contribution in [-0.2, 0) is 4.74 Å². The molecule has 0 aliphatic rings. The highest BCUT2D eigenvalue weighted by atomic mass is 35.5. The number of hydrogen-bond donors (Lipinski definition) is 2. The van der Waals surface area contributed by atoms with Gasteiger partial charge in [0.05, 0.1) is 5.02 Å². The predicted molar refractivity (Wildman–Crippen MR) is 76.3 cm³/mol. The Balaban J connectivity index is 2.29. The second-order valence-corrected chi connectivity index (χ2v) is 5.05. The average molecular weight is 286 g/mol. The van der Waals surface area contributed by atoms with Crippen molar-refractivity contribution in [2.75, 3.05) is 25.5 Å². The van der Waals surface area contributed by atoms with Gasteiger partial charge in [-0.3, -0.25) is 4.79 Å². The fraction of sp³-hybridized carbons (Fsp3) is 0.538. The van der Waals surface area contributed by atoms with Crippen LogP contribution in [0.3, 0.4) is 0 Å². The molecule has 5 nitrogen and oxygen atoms in total. The van der Waals surface area contributed by atoms with E-state index in [0.29, 0.717) is 24.1 Å². The molecule has 0 aliphatic heterocycles. The summed E-state index contributed by atoms with van der Waals surface area (Å²) in [6.45, 7) is 6.06. The Morgan fingerprint density at radius 1 is 1.53 bits per heavy atom. The van der Waals surface area contributed by atoms with Gasteiger partial charge in [-0.1, -0.05) is 25.4 Å². The number of carbonyl (C=O) groups is 1. The summed E-state index contributed by atoms with van der Waals surface area (Å²) in [6, 6.07) is 3.11. The first-order chi connectivity index (χ1) is 9.00. The third-order valence-electron chi connectivity index (χ3n) is 2.28. The van der Waals surface area contributed by atoms with Gasteiger partial charge in [-0.2, -0.15) is 0 Å². The first kappa shape index (κ1) is 15.7. The molecule has 0 saturated heterocycles. The fourth-order valence-corrected chi connectivity index (χ4v) is 1.59. The van der Waals surface area contributed by atoms with Crippen molar-refractivity contribution >= 4 is 23.3 Å². The van der Waals surface area contributed by atoms with Gasteiger partial charge in [0.15, 0.2) is 0 Å². The SMILES string of the molecule is CC(C)COCCCNC(=O)c1nc(N)ccc1Cl. The van der Waals surface area contributed by atoms with Gasteiger partial charge in [0, 0.05) is 19.8 Å². The van der Waals surface area contributed by atoms with E-state index in [2.05, 4.69) is 24.1 Å². The summed E-state index contributed by atoms with van der Waals surface area (Å²) in [4.78, 5) is 15.7. The number of ether oxygens (including phenoxy) is 1. The largest absolute Gasteiger partial charge is 0.384 e. The van der Waals surface area contributed by atoms with Crippen LogP contribution in [0, 0.1) is 5.92 Å². The van der Waals surface area contributed by atoms with Crippen LogP contribution in [0.2, 0.25) is 5.02 Å². The highest BCUT2D eigenvalue weighted by molar-refractivity contribution is 6.33. The highest BCUT2D eigenvalue weighted by Gasteiger charge is 2.11. The van der Waals surface area contributed by atoms with E-state index in [4.69, 9.17) is 22.1 Å². The Kier molecular flexibility index (Phi) is 6.59. The summed E-state index contributed by atoms with van der Waals surface area (Å²) >= 11 is 5.88. The molecule has 0 unspecified atom stereocenters. The topological polar surface area (TPSA) is 77.2 Å². The lowest BCUT2D eigenvalue weighted by Crippen LogP contribution is -2.26. The van der Waals surface area contributed by atoms with Crippen molar-refractivity contribution in [2.24, 2.45) is 5.92 Å². The van der Waals surface area contributed by atoms with E-state index < -0.39 is 0 Å². The second-order valence-electron chi connectivity index (χ2n) is 4.64. The molecular formula is C13H20ClN3O2. The van der Waals surface area contributed by atoms with Gasteiger partial charge >= 0.3 is 0 Å². The number of hydrogen-bond acceptors (Lipinski definition) is 4. The summed E-state index contributed by atoms with van der Waals surface area (Å²) < 4.78 is 5.41. The Hall–Kier alpha value is -1.33. The number of anilines is 1. The monoisotopic (exact) mass is 285 g/mol. The molecule has 1 amide bonds. The summed E-state index contributed by atoms with van der Waals surface area (Å²) in [5.74, 6) is 0.473. The normalized spacial score (nSPS) is 10.7. The molecule has 0 bridgehead atoms. The molecule has 0 spiro atoms. The lowest BCUT2D eigenvalue weighted by atomic mass is 10.2. The van der Waals surface area contributed by atoms with Crippen molar-refractivity contribution < 1.29 is 9.53 Å². The van der Waals surface area contributed by atoms with Crippen molar-refractivity contribution in [3.05, 3.63) is 22.8 Å². The number of nitrogens with zero attached hydrogens (tertiary/aromatic N) is 1. The predicted octanol–water partition coefficient (Wildman–Crippen LogP) is 2.11. The molecule has 19 heavy (non-hydrogen) atoms. The maximum Gasteiger partial charge on any atom is 0.271 e. The lowest BCUT2D eigenvalue weighted by molar-refractivity contribution is 0.0921. The fourth-order valence-electron chi connectivity index (χ4n) is 1.40. The molecule has 1 heterocycles. The number of nitrogens with two attached hydrogens (primary N) is 1. The van der Waals surface area contributed by atoms with Gasteiger partial charge in [0.1, 0.15) is 11.5 Å². The number of amides is 1. The minimum Gasteiger partial charge on any atom is -0.384 e. The molecule has 0 atom stereocenters. The molecule has 1 aromatic rings. The molecule has 0 fully saturated rings. The van der Waals surface area contributed by atoms with E-state index >= 15 is 0 Å². The minimum absolute atomic E-state index is 0.157. The van der Waals surface area contributed by atoms with Crippen LogP contribution in [0.15, 0.2) is 12.1 Å². The van der Waals surface area contributed by atoms with E-state index in [1.807, 2.05) is 0 Å². The van der Waals surface area contributed by atoms with Crippen LogP contribution in [-0.4, -0.2) is 30.6 Å².